The van der Waals surface area contributed by atoms with Gasteiger partial charge in [-0.15, -0.1) is 5.10 Å². The second kappa shape index (κ2) is 29.2. The van der Waals surface area contributed by atoms with Gasteiger partial charge in [-0.2, -0.15) is 5.10 Å². The normalized spacial score (nSPS) is 15.4. The molecule has 1 aliphatic rings. The van der Waals surface area contributed by atoms with Crippen LogP contribution in [0.2, 0.25) is 0 Å². The largest absolute Gasteiger partial charge is 0.497 e. The van der Waals surface area contributed by atoms with Gasteiger partial charge in [0.05, 0.1) is 6.54 Å². The summed E-state index contributed by atoms with van der Waals surface area (Å²) in [5.41, 5.74) is 7.87. The number of anilines is 1. The number of ether oxygens (including phenoxy) is 2. The molecule has 13 nitrogen and oxygen atoms in total. The fourth-order valence-corrected chi connectivity index (χ4v) is 13.8. The summed E-state index contributed by atoms with van der Waals surface area (Å²) in [5, 5.41) is 19.3. The van der Waals surface area contributed by atoms with E-state index in [4.69, 9.17) is 39.2 Å². The summed E-state index contributed by atoms with van der Waals surface area (Å²) in [4.78, 5) is 22.8. The van der Waals surface area contributed by atoms with Crippen molar-refractivity contribution in [1.82, 2.24) is 34.7 Å². The van der Waals surface area contributed by atoms with Crippen LogP contribution in [0.15, 0.2) is 261 Å². The van der Waals surface area contributed by atoms with E-state index in [1.165, 1.54) is 5.56 Å². The van der Waals surface area contributed by atoms with Gasteiger partial charge in [-0.1, -0.05) is 243 Å². The van der Waals surface area contributed by atoms with Gasteiger partial charge >= 0.3 is 13.2 Å². The van der Waals surface area contributed by atoms with Crippen molar-refractivity contribution in [3.63, 3.8) is 0 Å². The van der Waals surface area contributed by atoms with Crippen LogP contribution in [0.4, 0.5) is 10.6 Å². The van der Waals surface area contributed by atoms with Gasteiger partial charge in [0.1, 0.15) is 39.9 Å². The molecule has 1 N–H and O–H groups in total. The molecule has 12 rings (SSSR count). The van der Waals surface area contributed by atoms with Crippen LogP contribution in [-0.2, 0) is 38.1 Å². The van der Waals surface area contributed by atoms with Crippen LogP contribution in [0.3, 0.4) is 0 Å². The van der Waals surface area contributed by atoms with E-state index in [1.807, 2.05) is 109 Å². The van der Waals surface area contributed by atoms with Crippen molar-refractivity contribution in [2.24, 2.45) is 5.92 Å². The molecule has 0 radical (unpaired) electrons. The zero-order valence-corrected chi connectivity index (χ0v) is 57.3. The van der Waals surface area contributed by atoms with Crippen molar-refractivity contribution in [2.75, 3.05) is 18.5 Å². The number of nitrogens with zero attached hydrogens (tertiary/aromatic N) is 7. The Hall–Kier alpha value is -9.16. The topological polar surface area (TPSA) is 131 Å². The molecule has 1 aliphatic carbocycles. The van der Waals surface area contributed by atoms with Crippen molar-refractivity contribution < 1.29 is 23.6 Å². The Labute approximate surface area is 572 Å². The second-order valence-electron chi connectivity index (χ2n) is 26.1. The third-order valence-corrected chi connectivity index (χ3v) is 19.0. The molecule has 0 aliphatic heterocycles. The van der Waals surface area contributed by atoms with Gasteiger partial charge in [0.2, 0.25) is 0 Å². The zero-order valence-electron chi connectivity index (χ0n) is 55.1. The number of pyridine rings is 1. The van der Waals surface area contributed by atoms with E-state index in [-0.39, 0.29) is 30.2 Å². The van der Waals surface area contributed by atoms with E-state index in [0.717, 1.165) is 72.1 Å². The summed E-state index contributed by atoms with van der Waals surface area (Å²) in [6, 6.07) is 83.7. The summed E-state index contributed by atoms with van der Waals surface area (Å²) in [7, 11) is -0.531. The van der Waals surface area contributed by atoms with E-state index in [1.54, 1.807) is 0 Å². The summed E-state index contributed by atoms with van der Waals surface area (Å²) in [6.45, 7) is 15.2. The lowest BCUT2D eigenvalue weighted by atomic mass is 9.77. The molecule has 1 saturated carbocycles. The Balaban J connectivity index is 0.956. The average Bonchev–Trinajstić information content (AvgIpc) is 1.67. The summed E-state index contributed by atoms with van der Waals surface area (Å²) in [6.07, 6.45) is 8.16. The number of carbonyl (C=O) groups excluding carboxylic acids is 1. The highest BCUT2D eigenvalue weighted by molar-refractivity contribution is 14.1. The molecule has 8 aromatic carbocycles. The van der Waals surface area contributed by atoms with E-state index in [9.17, 15) is 0 Å². The Morgan fingerprint density at radius 1 is 0.663 bits per heavy atom. The lowest BCUT2D eigenvalue weighted by Crippen LogP contribution is -2.43. The van der Waals surface area contributed by atoms with Gasteiger partial charge < -0.3 is 29.0 Å². The third kappa shape index (κ3) is 14.7. The molecule has 482 valence electrons. The third-order valence-electron chi connectivity index (χ3n) is 18.0. The van der Waals surface area contributed by atoms with E-state index >= 15 is 4.79 Å². The highest BCUT2D eigenvalue weighted by Crippen LogP contribution is 2.46. The molecule has 3 atom stereocenters. The first-order chi connectivity index (χ1) is 46.1. The maximum atomic E-state index is 15.1. The Morgan fingerprint density at radius 3 is 1.72 bits per heavy atom. The highest BCUT2D eigenvalue weighted by atomic mass is 127. The number of benzene rings is 8. The number of aromatic nitrogens is 6. The van der Waals surface area contributed by atoms with E-state index in [2.05, 4.69) is 243 Å². The van der Waals surface area contributed by atoms with Crippen LogP contribution in [0.5, 0.6) is 5.75 Å². The average molecular weight is 1370 g/mol. The van der Waals surface area contributed by atoms with Gasteiger partial charge in [0.25, 0.3) is 0 Å². The molecule has 0 bridgehead atoms. The predicted molar refractivity (Wildman–Crippen MR) is 389 cm³/mol. The second-order valence-corrected chi connectivity index (χ2v) is 27.2. The van der Waals surface area contributed by atoms with Crippen molar-refractivity contribution in [2.45, 2.75) is 115 Å². The number of fused-ring (bicyclic) bond motifs is 1. The molecule has 1 fully saturated rings. The van der Waals surface area contributed by atoms with Crippen molar-refractivity contribution in [3.8, 4) is 5.75 Å². The molecule has 0 spiro atoms. The minimum absolute atomic E-state index is 0.0531. The first-order valence-electron chi connectivity index (χ1n) is 33.0. The van der Waals surface area contributed by atoms with Gasteiger partial charge in [-0.25, -0.2) is 14.5 Å². The first-order valence-corrected chi connectivity index (χ1v) is 34.1. The number of carbonyl (C=O) groups is 1. The van der Waals surface area contributed by atoms with E-state index in [0.29, 0.717) is 43.0 Å². The van der Waals surface area contributed by atoms with Crippen LogP contribution in [0.1, 0.15) is 118 Å². The molecular weight excluding hydrogens is 1290 g/mol. The Bertz CT molecular complexity index is 4130. The highest BCUT2D eigenvalue weighted by Gasteiger charge is 2.44. The lowest BCUT2D eigenvalue weighted by molar-refractivity contribution is 0.0184. The number of rotatable bonds is 25. The number of hydrogen-bond donors (Lipinski definition) is 1. The summed E-state index contributed by atoms with van der Waals surface area (Å²) in [5.74, 6) is 1.39. The lowest BCUT2D eigenvalue weighted by Gasteiger charge is -2.38. The standard InChI is InChI=1S/C80H82BIN8O5/c1-8-78(6,7)95-81(92-9-2)67-55-83-88(57-67)56-59-34-31-47-69(51-59)93-72-53-68(52-60(72)50-58-32-17-10-18-33-58)89(76(91)94-77(3,4)5)49-48-71(82)70-54-73(85-79(61-35-19-11-20-36-61,62-37-21-12-22-38-62)63-39-23-13-24-40-63)84-75-74(70)86-87-90(75)80(64-41-25-14-26-42-64,65-43-27-15-28-44-65)66-45-29-16-30-46-66/h10-48,51,54-55,57,60,68,72H,8-9,49-50,52-53,56H2,1-7H3,(H,84,85)/b71-48-/t60-,68-,72+/m0/s1. The minimum atomic E-state index is -1.06. The Morgan fingerprint density at radius 2 is 1.19 bits per heavy atom. The van der Waals surface area contributed by atoms with Gasteiger partial charge in [0.15, 0.2) is 5.65 Å². The Kier molecular flexibility index (Phi) is 20.3. The number of amides is 1. The molecular formula is C80H82BIN8O5. The fraction of sp³-hybridized carbons (Fsp3) is 0.263. The SMILES string of the molecule is CCOB(OC(C)(C)CC)c1cnn(Cc2cccc(O[C@@H]3C[C@@H](N(C/C=C(\I)c4cc(NC(c5ccccc5)(c5ccccc5)c5ccccc5)nc5c4nnn5C(c4ccccc4)(c4ccccc4)c4ccccc4)C(=O)OC(C)(C)C)C[C@@H]3Cc3ccccc3)c2)c1. The van der Waals surface area contributed by atoms with Crippen molar-refractivity contribution in [3.05, 3.63) is 311 Å². The summed E-state index contributed by atoms with van der Waals surface area (Å²) < 4.78 is 30.8. The molecule has 1 amide bonds. The van der Waals surface area contributed by atoms with Crippen LogP contribution >= 0.6 is 22.6 Å². The molecule has 0 saturated heterocycles. The van der Waals surface area contributed by atoms with Crippen LogP contribution in [0.25, 0.3) is 14.7 Å². The first kappa shape index (κ1) is 65.9. The summed E-state index contributed by atoms with van der Waals surface area (Å²) >= 11 is 2.43. The van der Waals surface area contributed by atoms with Gasteiger partial charge in [0, 0.05) is 64.1 Å². The maximum Gasteiger partial charge on any atom is 0.497 e. The predicted octanol–water partition coefficient (Wildman–Crippen LogP) is 16.7. The maximum absolute atomic E-state index is 15.1. The molecule has 11 aromatic rings. The quantitative estimate of drug-likeness (QED) is 0.0335. The van der Waals surface area contributed by atoms with Crippen molar-refractivity contribution >= 4 is 61.8 Å². The van der Waals surface area contributed by atoms with Crippen molar-refractivity contribution in [1.29, 1.82) is 0 Å². The van der Waals surface area contributed by atoms with Crippen LogP contribution in [-0.4, -0.2) is 84.4 Å². The zero-order chi connectivity index (χ0) is 66.0. The molecule has 3 aromatic heterocycles. The number of nitrogens with one attached hydrogen (secondary N) is 1. The molecule has 3 heterocycles. The minimum Gasteiger partial charge on any atom is -0.490 e. The van der Waals surface area contributed by atoms with Gasteiger partial charge in [-0.3, -0.25) is 4.68 Å². The van der Waals surface area contributed by atoms with Gasteiger partial charge in [-0.05, 0) is 146 Å². The van der Waals surface area contributed by atoms with Crippen LogP contribution in [0, 0.1) is 5.92 Å². The van der Waals surface area contributed by atoms with E-state index < -0.39 is 29.9 Å². The molecule has 15 heteroatoms. The molecule has 0 unspecified atom stereocenters. The molecule has 95 heavy (non-hydrogen) atoms. The van der Waals surface area contributed by atoms with Crippen LogP contribution < -0.4 is 15.5 Å². The number of hydrogen-bond acceptors (Lipinski definition) is 10. The smallest absolute Gasteiger partial charge is 0.490 e. The monoisotopic (exact) mass is 1370 g/mol. The number of halogens is 1. The fourth-order valence-electron chi connectivity index (χ4n) is 13.2.